The van der Waals surface area contributed by atoms with Crippen LogP contribution >= 0.6 is 27.5 Å². The molecule has 108 valence electrons. The molecular weight excluding hydrogens is 378 g/mol. The van der Waals surface area contributed by atoms with E-state index >= 15 is 0 Å². The van der Waals surface area contributed by atoms with E-state index in [9.17, 15) is 8.42 Å². The minimum Gasteiger partial charge on any atom is -0.277 e. The molecule has 0 radical (unpaired) electrons. The number of aromatic amines is 1. The Morgan fingerprint density at radius 2 is 2.05 bits per heavy atom. The van der Waals surface area contributed by atoms with Crippen LogP contribution in [0.15, 0.2) is 52.0 Å². The van der Waals surface area contributed by atoms with Gasteiger partial charge in [-0.25, -0.2) is 8.42 Å². The lowest BCUT2D eigenvalue weighted by molar-refractivity contribution is 0.601. The standard InChI is InChI=1S/C13H9BrClN3O2S/c14-9-4-5-12(10(15)6-9)21(19,20)18-11-3-1-2-8-7-16-17-13(8)11/h1-7,18H,(H,16,17). The Hall–Kier alpha value is -1.57. The predicted octanol–water partition coefficient (Wildman–Crippen LogP) is 3.78. The Morgan fingerprint density at radius 3 is 2.81 bits per heavy atom. The van der Waals surface area contributed by atoms with Crippen LogP contribution in [0.1, 0.15) is 0 Å². The van der Waals surface area contributed by atoms with E-state index in [0.29, 0.717) is 15.7 Å². The highest BCUT2D eigenvalue weighted by Crippen LogP contribution is 2.28. The lowest BCUT2D eigenvalue weighted by Gasteiger charge is -2.10. The molecule has 0 unspecified atom stereocenters. The molecule has 0 saturated heterocycles. The number of H-pyrrole nitrogens is 1. The fourth-order valence-electron chi connectivity index (χ4n) is 1.95. The Kier molecular flexibility index (Phi) is 3.64. The number of nitrogens with one attached hydrogen (secondary N) is 2. The maximum Gasteiger partial charge on any atom is 0.263 e. The van der Waals surface area contributed by atoms with Crippen molar-refractivity contribution >= 4 is 54.1 Å². The average Bonchev–Trinajstić information content (AvgIpc) is 2.87. The quantitative estimate of drug-likeness (QED) is 0.719. The summed E-state index contributed by atoms with van der Waals surface area (Å²) in [4.78, 5) is 0.0175. The molecule has 5 nitrogen and oxygen atoms in total. The minimum atomic E-state index is -3.78. The summed E-state index contributed by atoms with van der Waals surface area (Å²) in [5.74, 6) is 0. The van der Waals surface area contributed by atoms with Gasteiger partial charge < -0.3 is 0 Å². The number of aromatic nitrogens is 2. The molecule has 0 spiro atoms. The third-order valence-electron chi connectivity index (χ3n) is 2.90. The van der Waals surface area contributed by atoms with Crippen molar-refractivity contribution in [2.24, 2.45) is 0 Å². The molecule has 3 rings (SSSR count). The van der Waals surface area contributed by atoms with Crippen molar-refractivity contribution in [3.8, 4) is 0 Å². The van der Waals surface area contributed by atoms with Gasteiger partial charge in [0, 0.05) is 9.86 Å². The highest BCUT2D eigenvalue weighted by molar-refractivity contribution is 9.10. The summed E-state index contributed by atoms with van der Waals surface area (Å²) in [5, 5.41) is 7.63. The maximum absolute atomic E-state index is 12.5. The second-order valence-electron chi connectivity index (χ2n) is 4.32. The molecule has 0 aliphatic heterocycles. The second-order valence-corrected chi connectivity index (χ2v) is 7.29. The molecule has 8 heteroatoms. The molecular formula is C13H9BrClN3O2S. The largest absolute Gasteiger partial charge is 0.277 e. The number of anilines is 1. The lowest BCUT2D eigenvalue weighted by Crippen LogP contribution is -2.13. The Morgan fingerprint density at radius 1 is 1.24 bits per heavy atom. The first-order chi connectivity index (χ1) is 9.97. The van der Waals surface area contributed by atoms with Gasteiger partial charge >= 0.3 is 0 Å². The molecule has 1 heterocycles. The third kappa shape index (κ3) is 2.76. The molecule has 3 aromatic rings. The van der Waals surface area contributed by atoms with E-state index in [-0.39, 0.29) is 9.92 Å². The fraction of sp³-hybridized carbons (Fsp3) is 0. The SMILES string of the molecule is O=S(=O)(Nc1cccc2cn[nH]c12)c1ccc(Br)cc1Cl. The monoisotopic (exact) mass is 385 g/mol. The third-order valence-corrected chi connectivity index (χ3v) is 5.25. The van der Waals surface area contributed by atoms with Crippen LogP contribution in [0.4, 0.5) is 5.69 Å². The minimum absolute atomic E-state index is 0.0175. The van der Waals surface area contributed by atoms with Crippen LogP contribution in [0.2, 0.25) is 5.02 Å². The summed E-state index contributed by atoms with van der Waals surface area (Å²) >= 11 is 9.25. The number of sulfonamides is 1. The molecule has 0 aliphatic rings. The number of nitrogens with zero attached hydrogens (tertiary/aromatic N) is 1. The molecule has 21 heavy (non-hydrogen) atoms. The lowest BCUT2D eigenvalue weighted by atomic mass is 10.2. The molecule has 2 N–H and O–H groups in total. The number of fused-ring (bicyclic) bond motifs is 1. The van der Waals surface area contributed by atoms with E-state index < -0.39 is 10.0 Å². The first-order valence-corrected chi connectivity index (χ1v) is 8.53. The zero-order valence-corrected chi connectivity index (χ0v) is 13.6. The van der Waals surface area contributed by atoms with Crippen molar-refractivity contribution in [2.45, 2.75) is 4.90 Å². The van der Waals surface area contributed by atoms with Crippen molar-refractivity contribution in [2.75, 3.05) is 4.72 Å². The van der Waals surface area contributed by atoms with E-state index in [1.165, 1.54) is 12.1 Å². The molecule has 0 amide bonds. The number of hydrogen-bond donors (Lipinski definition) is 2. The zero-order chi connectivity index (χ0) is 15.0. The highest BCUT2D eigenvalue weighted by atomic mass is 79.9. The van der Waals surface area contributed by atoms with Crippen molar-refractivity contribution < 1.29 is 8.42 Å². The van der Waals surface area contributed by atoms with Crippen LogP contribution in [0.3, 0.4) is 0 Å². The van der Waals surface area contributed by atoms with E-state index in [1.54, 1.807) is 24.4 Å². The Labute approximate surface area is 134 Å². The van der Waals surface area contributed by atoms with Crippen LogP contribution in [-0.2, 0) is 10.0 Å². The van der Waals surface area contributed by atoms with Crippen LogP contribution < -0.4 is 4.72 Å². The summed E-state index contributed by atoms with van der Waals surface area (Å²) in [7, 11) is -3.78. The summed E-state index contributed by atoms with van der Waals surface area (Å²) in [6.07, 6.45) is 1.62. The number of hydrogen-bond acceptors (Lipinski definition) is 3. The number of rotatable bonds is 3. The van der Waals surface area contributed by atoms with Gasteiger partial charge in [-0.05, 0) is 24.3 Å². The summed E-state index contributed by atoms with van der Waals surface area (Å²) in [6, 6.07) is 9.85. The van der Waals surface area contributed by atoms with Crippen LogP contribution in [-0.4, -0.2) is 18.6 Å². The molecule has 0 bridgehead atoms. The normalized spacial score (nSPS) is 11.7. The molecule has 1 aromatic heterocycles. The van der Waals surface area contributed by atoms with Gasteiger partial charge in [0.05, 0.1) is 22.4 Å². The van der Waals surface area contributed by atoms with Crippen molar-refractivity contribution in [3.05, 3.63) is 52.1 Å². The van der Waals surface area contributed by atoms with Gasteiger partial charge in [0.25, 0.3) is 10.0 Å². The van der Waals surface area contributed by atoms with E-state index in [0.717, 1.165) is 5.39 Å². The van der Waals surface area contributed by atoms with Crippen LogP contribution in [0, 0.1) is 0 Å². The van der Waals surface area contributed by atoms with Gasteiger partial charge in [0.15, 0.2) is 0 Å². The Balaban J connectivity index is 2.05. The number of benzene rings is 2. The van der Waals surface area contributed by atoms with Gasteiger partial charge in [-0.2, -0.15) is 5.10 Å². The zero-order valence-electron chi connectivity index (χ0n) is 10.5. The van der Waals surface area contributed by atoms with Gasteiger partial charge in [-0.1, -0.05) is 39.7 Å². The number of halogens is 2. The van der Waals surface area contributed by atoms with Crippen molar-refractivity contribution in [3.63, 3.8) is 0 Å². The van der Waals surface area contributed by atoms with Gasteiger partial charge in [-0.15, -0.1) is 0 Å². The van der Waals surface area contributed by atoms with E-state index in [1.807, 2.05) is 6.07 Å². The Bertz CT molecular complexity index is 924. The number of para-hydroxylation sites is 1. The summed E-state index contributed by atoms with van der Waals surface area (Å²) in [5.41, 5.74) is 1.04. The topological polar surface area (TPSA) is 74.8 Å². The van der Waals surface area contributed by atoms with E-state index in [4.69, 9.17) is 11.6 Å². The smallest absolute Gasteiger partial charge is 0.263 e. The predicted molar refractivity (Wildman–Crippen MR) is 86.1 cm³/mol. The van der Waals surface area contributed by atoms with Gasteiger partial charge in [0.2, 0.25) is 0 Å². The molecule has 0 aliphatic carbocycles. The fourth-order valence-corrected chi connectivity index (χ4v) is 4.06. The average molecular weight is 387 g/mol. The maximum atomic E-state index is 12.5. The molecule has 2 aromatic carbocycles. The van der Waals surface area contributed by atoms with Crippen LogP contribution in [0.5, 0.6) is 0 Å². The van der Waals surface area contributed by atoms with Crippen LogP contribution in [0.25, 0.3) is 10.9 Å². The molecule has 0 atom stereocenters. The van der Waals surface area contributed by atoms with Gasteiger partial charge in [-0.3, -0.25) is 9.82 Å². The molecule has 0 saturated carbocycles. The summed E-state index contributed by atoms with van der Waals surface area (Å²) < 4.78 is 28.1. The first-order valence-electron chi connectivity index (χ1n) is 5.87. The molecule has 0 fully saturated rings. The van der Waals surface area contributed by atoms with E-state index in [2.05, 4.69) is 30.8 Å². The second kappa shape index (κ2) is 5.32. The highest BCUT2D eigenvalue weighted by Gasteiger charge is 2.19. The summed E-state index contributed by atoms with van der Waals surface area (Å²) in [6.45, 7) is 0. The van der Waals surface area contributed by atoms with Gasteiger partial charge in [0.1, 0.15) is 4.90 Å². The van der Waals surface area contributed by atoms with Crippen molar-refractivity contribution in [1.82, 2.24) is 10.2 Å². The van der Waals surface area contributed by atoms with Crippen molar-refractivity contribution in [1.29, 1.82) is 0 Å². The first kappa shape index (κ1) is 14.4.